The Balaban J connectivity index is 1.72. The standard InChI is InChI=1S/C42H62N10O9/c1-22(2)14-28-38(57)48-30(16-24(5)6)40(59)51-32(18-34(43)53)41(60)49-29(15-23(3)4)39(58)50-31(17-25-19-44-27-11-8-7-10-26(25)27)37(56)46-21-36(55)52-13-9-12-33(52)42(61)45-20-35(54)47-28/h7-8,10-11,19,22-24,28-33,44H,9,12-18,20-21H2,1-6H3,(H2,43,53)(H,45,61)(H,46,56)(H,47,54)(H,48,57)(H,49,60)(H,50,58)(H,51,59)/t28-,29-,30-,31-,32-,33-/m0/s1. The van der Waals surface area contributed by atoms with Crippen LogP contribution in [0.5, 0.6) is 0 Å². The van der Waals surface area contributed by atoms with Crippen molar-refractivity contribution in [3.63, 3.8) is 0 Å². The van der Waals surface area contributed by atoms with Gasteiger partial charge >= 0.3 is 0 Å². The molecule has 0 bridgehead atoms. The number of aromatic nitrogens is 1. The molecule has 334 valence electrons. The molecule has 2 aromatic rings. The van der Waals surface area contributed by atoms with Gasteiger partial charge in [0.2, 0.25) is 53.2 Å². The van der Waals surface area contributed by atoms with Gasteiger partial charge in [0.15, 0.2) is 0 Å². The number of hydrogen-bond donors (Lipinski definition) is 9. The molecule has 1 aromatic heterocycles. The summed E-state index contributed by atoms with van der Waals surface area (Å²) in [6.45, 7) is 10.1. The number of nitrogens with zero attached hydrogens (tertiary/aromatic N) is 1. The first-order chi connectivity index (χ1) is 28.8. The van der Waals surface area contributed by atoms with Gasteiger partial charge in [-0.2, -0.15) is 0 Å². The number of aromatic amines is 1. The van der Waals surface area contributed by atoms with Crippen molar-refractivity contribution in [3.8, 4) is 0 Å². The quantitative estimate of drug-likeness (QED) is 0.147. The Labute approximate surface area is 355 Å². The van der Waals surface area contributed by atoms with Crippen LogP contribution in [0.1, 0.15) is 85.6 Å². The lowest BCUT2D eigenvalue weighted by Crippen LogP contribution is -2.60. The van der Waals surface area contributed by atoms with E-state index in [9.17, 15) is 43.2 Å². The highest BCUT2D eigenvalue weighted by Crippen LogP contribution is 2.21. The normalized spacial score (nSPS) is 24.6. The number of carbonyl (C=O) groups excluding carboxylic acids is 9. The summed E-state index contributed by atoms with van der Waals surface area (Å²) >= 11 is 0. The Morgan fingerprint density at radius 1 is 0.656 bits per heavy atom. The summed E-state index contributed by atoms with van der Waals surface area (Å²) in [6, 6.07) is 0.0141. The molecule has 3 heterocycles. The monoisotopic (exact) mass is 850 g/mol. The number of benzene rings is 1. The number of hydrogen-bond acceptors (Lipinski definition) is 9. The molecule has 0 aliphatic carbocycles. The molecule has 2 aliphatic heterocycles. The SMILES string of the molecule is CC(C)C[C@@H]1NC(=O)CNC(=O)[C@@H]2CCCN2C(=O)CNC(=O)[C@H](Cc2c[nH]c3ccccc23)NC(=O)[C@H](CC(C)C)NC(=O)[C@H](CC(N)=O)NC(=O)[C@H](CC(C)C)NC1=O. The molecule has 19 heteroatoms. The van der Waals surface area contributed by atoms with Crippen LogP contribution in [0.3, 0.4) is 0 Å². The molecule has 0 radical (unpaired) electrons. The zero-order valence-electron chi connectivity index (χ0n) is 35.9. The van der Waals surface area contributed by atoms with Gasteiger partial charge in [-0.25, -0.2) is 0 Å². The van der Waals surface area contributed by atoms with E-state index in [-0.39, 0.29) is 50.0 Å². The van der Waals surface area contributed by atoms with Crippen LogP contribution in [-0.2, 0) is 49.6 Å². The number of para-hydroxylation sites is 1. The average Bonchev–Trinajstić information content (AvgIpc) is 3.84. The van der Waals surface area contributed by atoms with Crippen molar-refractivity contribution in [2.45, 2.75) is 123 Å². The molecule has 9 amide bonds. The summed E-state index contributed by atoms with van der Waals surface area (Å²) in [6.07, 6.45) is 2.21. The number of amides is 9. The van der Waals surface area contributed by atoms with E-state index in [2.05, 4.69) is 42.2 Å². The number of H-pyrrole nitrogens is 1. The molecule has 6 atom stereocenters. The first-order valence-corrected chi connectivity index (χ1v) is 21.0. The van der Waals surface area contributed by atoms with Gasteiger partial charge in [0.1, 0.15) is 36.3 Å². The smallest absolute Gasteiger partial charge is 0.243 e. The van der Waals surface area contributed by atoms with Crippen LogP contribution >= 0.6 is 0 Å². The second-order valence-corrected chi connectivity index (χ2v) is 17.2. The van der Waals surface area contributed by atoms with E-state index in [0.717, 1.165) is 10.9 Å². The third kappa shape index (κ3) is 14.0. The molecule has 1 aromatic carbocycles. The van der Waals surface area contributed by atoms with E-state index in [0.29, 0.717) is 18.4 Å². The summed E-state index contributed by atoms with van der Waals surface area (Å²) in [5.41, 5.74) is 6.99. The highest BCUT2D eigenvalue weighted by molar-refractivity contribution is 5.99. The minimum absolute atomic E-state index is 0.0176. The Kier molecular flexibility index (Phi) is 17.2. The van der Waals surface area contributed by atoms with E-state index in [4.69, 9.17) is 5.73 Å². The molecule has 0 spiro atoms. The maximum Gasteiger partial charge on any atom is 0.243 e. The maximum absolute atomic E-state index is 14.1. The number of carbonyl (C=O) groups is 9. The van der Waals surface area contributed by atoms with Gasteiger partial charge in [0, 0.05) is 30.1 Å². The van der Waals surface area contributed by atoms with E-state index >= 15 is 0 Å². The molecular formula is C42H62N10O9. The lowest BCUT2D eigenvalue weighted by molar-refractivity contribution is -0.139. The predicted octanol–water partition coefficient (Wildman–Crippen LogP) is -0.615. The van der Waals surface area contributed by atoms with Gasteiger partial charge in [-0.1, -0.05) is 59.7 Å². The number of fused-ring (bicyclic) bond motifs is 2. The fourth-order valence-electron chi connectivity index (χ4n) is 7.59. The molecule has 61 heavy (non-hydrogen) atoms. The maximum atomic E-state index is 14.1. The fourth-order valence-corrected chi connectivity index (χ4v) is 7.59. The van der Waals surface area contributed by atoms with Crippen LogP contribution in [0.15, 0.2) is 30.5 Å². The number of rotatable bonds is 10. The van der Waals surface area contributed by atoms with Crippen molar-refractivity contribution in [2.75, 3.05) is 19.6 Å². The van der Waals surface area contributed by atoms with Gasteiger partial charge in [0.05, 0.1) is 19.5 Å². The van der Waals surface area contributed by atoms with E-state index in [1.165, 1.54) is 4.90 Å². The first kappa shape index (κ1) is 47.7. The minimum Gasteiger partial charge on any atom is -0.370 e. The molecule has 0 saturated carbocycles. The molecule has 2 aliphatic rings. The summed E-state index contributed by atoms with van der Waals surface area (Å²) in [5.74, 6) is -7.02. The zero-order chi connectivity index (χ0) is 45.0. The highest BCUT2D eigenvalue weighted by atomic mass is 16.2. The topological polar surface area (TPSA) is 283 Å². The van der Waals surface area contributed by atoms with E-state index < -0.39 is 109 Å². The van der Waals surface area contributed by atoms with Crippen LogP contribution in [0, 0.1) is 17.8 Å². The van der Waals surface area contributed by atoms with Gasteiger partial charge in [0.25, 0.3) is 0 Å². The molecule has 2 fully saturated rings. The van der Waals surface area contributed by atoms with Crippen LogP contribution in [0.2, 0.25) is 0 Å². The van der Waals surface area contributed by atoms with Crippen LogP contribution in [0.4, 0.5) is 0 Å². The van der Waals surface area contributed by atoms with Crippen molar-refractivity contribution < 1.29 is 43.2 Å². The largest absolute Gasteiger partial charge is 0.370 e. The van der Waals surface area contributed by atoms with Crippen molar-refractivity contribution in [3.05, 3.63) is 36.0 Å². The number of nitrogens with two attached hydrogens (primary N) is 1. The summed E-state index contributed by atoms with van der Waals surface area (Å²) in [5, 5.41) is 19.2. The van der Waals surface area contributed by atoms with Crippen molar-refractivity contribution in [1.29, 1.82) is 0 Å². The minimum atomic E-state index is -1.56. The molecule has 2 saturated heterocycles. The Morgan fingerprint density at radius 3 is 1.74 bits per heavy atom. The summed E-state index contributed by atoms with van der Waals surface area (Å²) < 4.78 is 0. The van der Waals surface area contributed by atoms with Crippen molar-refractivity contribution in [1.82, 2.24) is 47.1 Å². The first-order valence-electron chi connectivity index (χ1n) is 21.0. The van der Waals surface area contributed by atoms with Crippen LogP contribution in [-0.4, -0.2) is 119 Å². The highest BCUT2D eigenvalue weighted by Gasteiger charge is 2.37. The number of nitrogens with one attached hydrogen (secondary N) is 8. The molecular weight excluding hydrogens is 789 g/mol. The Morgan fingerprint density at radius 2 is 1.16 bits per heavy atom. The molecule has 10 N–H and O–H groups in total. The third-order valence-electron chi connectivity index (χ3n) is 10.5. The van der Waals surface area contributed by atoms with E-state index in [1.54, 1.807) is 6.20 Å². The summed E-state index contributed by atoms with van der Waals surface area (Å²) in [7, 11) is 0. The molecule has 0 unspecified atom stereocenters. The fraction of sp³-hybridized carbons (Fsp3) is 0.595. The predicted molar refractivity (Wildman–Crippen MR) is 225 cm³/mol. The second kappa shape index (κ2) is 22.0. The molecule has 19 nitrogen and oxygen atoms in total. The third-order valence-corrected chi connectivity index (χ3v) is 10.5. The van der Waals surface area contributed by atoms with Crippen LogP contribution < -0.4 is 43.0 Å². The lowest BCUT2D eigenvalue weighted by Gasteiger charge is -2.28. The van der Waals surface area contributed by atoms with Gasteiger partial charge in [-0.3, -0.25) is 43.2 Å². The van der Waals surface area contributed by atoms with Crippen LogP contribution in [0.25, 0.3) is 10.9 Å². The number of primary amides is 1. The second-order valence-electron chi connectivity index (χ2n) is 17.2. The van der Waals surface area contributed by atoms with Gasteiger partial charge < -0.3 is 52.8 Å². The lowest BCUT2D eigenvalue weighted by atomic mass is 9.99. The van der Waals surface area contributed by atoms with Crippen molar-refractivity contribution >= 4 is 64.1 Å². The zero-order valence-corrected chi connectivity index (χ0v) is 35.9. The molecule has 4 rings (SSSR count). The van der Waals surface area contributed by atoms with E-state index in [1.807, 2.05) is 65.8 Å². The van der Waals surface area contributed by atoms with Crippen molar-refractivity contribution in [2.24, 2.45) is 23.5 Å². The van der Waals surface area contributed by atoms with Gasteiger partial charge in [-0.15, -0.1) is 0 Å². The Hall–Kier alpha value is -6.01. The van der Waals surface area contributed by atoms with Gasteiger partial charge in [-0.05, 0) is 61.5 Å². The average molecular weight is 851 g/mol. The Bertz CT molecular complexity index is 1950. The summed E-state index contributed by atoms with van der Waals surface area (Å²) in [4.78, 5) is 126.